The molecule has 2 heterocycles. The predicted octanol–water partition coefficient (Wildman–Crippen LogP) is 3.72. The van der Waals surface area contributed by atoms with Gasteiger partial charge in [-0.1, -0.05) is 23.8 Å². The number of amides is 2. The van der Waals surface area contributed by atoms with Crippen molar-refractivity contribution in [2.24, 2.45) is 0 Å². The number of anilines is 1. The molecule has 1 aliphatic rings. The van der Waals surface area contributed by atoms with Crippen LogP contribution in [0.25, 0.3) is 0 Å². The van der Waals surface area contributed by atoms with Crippen molar-refractivity contribution >= 4 is 38.9 Å². The molecule has 9 heteroatoms. The molecule has 0 saturated carbocycles. The Hall–Kier alpha value is -2.88. The van der Waals surface area contributed by atoms with E-state index in [0.29, 0.717) is 5.69 Å². The van der Waals surface area contributed by atoms with Gasteiger partial charge < -0.3 is 0 Å². The quantitative estimate of drug-likeness (QED) is 0.528. The van der Waals surface area contributed by atoms with Crippen molar-refractivity contribution in [3.63, 3.8) is 0 Å². The first-order chi connectivity index (χ1) is 14.8. The molecule has 0 bridgehead atoms. The summed E-state index contributed by atoms with van der Waals surface area (Å²) in [7, 11) is -4.17. The van der Waals surface area contributed by atoms with E-state index in [9.17, 15) is 22.4 Å². The Morgan fingerprint density at radius 2 is 1.74 bits per heavy atom. The molecule has 1 aliphatic heterocycles. The lowest BCUT2D eigenvalue weighted by molar-refractivity contribution is -0.122. The number of carbonyl (C=O) groups excluding carboxylic acids is 2. The highest BCUT2D eigenvalue weighted by Crippen LogP contribution is 2.31. The summed E-state index contributed by atoms with van der Waals surface area (Å²) in [4.78, 5) is 27.6. The van der Waals surface area contributed by atoms with Gasteiger partial charge in [-0.15, -0.1) is 11.3 Å². The van der Waals surface area contributed by atoms with E-state index in [-0.39, 0.29) is 17.9 Å². The lowest BCUT2D eigenvalue weighted by Crippen LogP contribution is -2.44. The number of rotatable bonds is 6. The molecule has 1 aromatic heterocycles. The minimum atomic E-state index is -4.17. The van der Waals surface area contributed by atoms with Gasteiger partial charge in [0.2, 0.25) is 15.9 Å². The summed E-state index contributed by atoms with van der Waals surface area (Å²) >= 11 is 1.35. The second-order valence-corrected chi connectivity index (χ2v) is 10.1. The number of benzene rings is 2. The highest BCUT2D eigenvalue weighted by molar-refractivity contribution is 7.89. The smallest absolute Gasteiger partial charge is 0.252 e. The van der Waals surface area contributed by atoms with E-state index >= 15 is 0 Å². The lowest BCUT2D eigenvalue weighted by atomic mass is 10.2. The highest BCUT2D eigenvalue weighted by atomic mass is 32.2. The van der Waals surface area contributed by atoms with Gasteiger partial charge in [-0.2, -0.15) is 4.31 Å². The molecule has 160 valence electrons. The average Bonchev–Trinajstić information content (AvgIpc) is 3.35. The fourth-order valence-electron chi connectivity index (χ4n) is 3.47. The Kier molecular flexibility index (Phi) is 5.74. The Balaban J connectivity index is 1.73. The number of hydrogen-bond donors (Lipinski definition) is 0. The third-order valence-electron chi connectivity index (χ3n) is 5.07. The molecule has 1 fully saturated rings. The van der Waals surface area contributed by atoms with E-state index in [1.165, 1.54) is 11.3 Å². The Morgan fingerprint density at radius 3 is 2.35 bits per heavy atom. The van der Waals surface area contributed by atoms with Gasteiger partial charge in [0.15, 0.2) is 0 Å². The van der Waals surface area contributed by atoms with Gasteiger partial charge in [-0.05, 0) is 54.8 Å². The Labute approximate surface area is 183 Å². The molecule has 2 aromatic carbocycles. The second-order valence-electron chi connectivity index (χ2n) is 7.21. The van der Waals surface area contributed by atoms with Crippen molar-refractivity contribution in [2.45, 2.75) is 30.8 Å². The third kappa shape index (κ3) is 4.16. The average molecular weight is 459 g/mol. The van der Waals surface area contributed by atoms with Crippen LogP contribution in [0.4, 0.5) is 10.1 Å². The number of hydrogen-bond acceptors (Lipinski definition) is 5. The number of imide groups is 1. The zero-order valence-corrected chi connectivity index (χ0v) is 18.2. The number of sulfonamides is 1. The number of aryl methyl sites for hydroxylation is 1. The van der Waals surface area contributed by atoms with Crippen molar-refractivity contribution in [3.05, 3.63) is 82.3 Å². The molecule has 1 saturated heterocycles. The zero-order valence-electron chi connectivity index (χ0n) is 16.6. The van der Waals surface area contributed by atoms with Gasteiger partial charge in [0.25, 0.3) is 5.91 Å². The number of nitrogens with zero attached hydrogens (tertiary/aromatic N) is 2. The lowest BCUT2D eigenvalue weighted by Gasteiger charge is -2.26. The summed E-state index contributed by atoms with van der Waals surface area (Å²) < 4.78 is 41.2. The molecule has 31 heavy (non-hydrogen) atoms. The fraction of sp³-hybridized carbons (Fsp3) is 0.182. The third-order valence-corrected chi connectivity index (χ3v) is 7.80. The van der Waals surface area contributed by atoms with E-state index in [4.69, 9.17) is 0 Å². The van der Waals surface area contributed by atoms with Gasteiger partial charge in [-0.3, -0.25) is 9.59 Å². The summed E-state index contributed by atoms with van der Waals surface area (Å²) in [6, 6.07) is 13.6. The van der Waals surface area contributed by atoms with E-state index in [1.807, 2.05) is 6.92 Å². The summed E-state index contributed by atoms with van der Waals surface area (Å²) in [5.41, 5.74) is 1.37. The van der Waals surface area contributed by atoms with E-state index in [2.05, 4.69) is 0 Å². The molecule has 0 N–H and O–H groups in total. The Bertz CT molecular complexity index is 1210. The number of thiophene rings is 1. The van der Waals surface area contributed by atoms with Gasteiger partial charge in [-0.25, -0.2) is 17.7 Å². The standard InChI is InChI=1S/C22H19FN2O4S2/c1-15-4-8-17(9-5-15)25-21(26)13-20(22(25)27)24(14-18-3-2-12-30-18)31(28,29)19-10-6-16(23)7-11-19/h2-12,20H,13-14H2,1H3. The van der Waals surface area contributed by atoms with Crippen LogP contribution >= 0.6 is 11.3 Å². The largest absolute Gasteiger partial charge is 0.274 e. The van der Waals surface area contributed by atoms with Crippen LogP contribution in [0.3, 0.4) is 0 Å². The van der Waals surface area contributed by atoms with Crippen LogP contribution in [0.15, 0.2) is 70.9 Å². The minimum absolute atomic E-state index is 0.0667. The van der Waals surface area contributed by atoms with Crippen LogP contribution in [0.5, 0.6) is 0 Å². The molecule has 0 spiro atoms. The monoisotopic (exact) mass is 458 g/mol. The van der Waals surface area contributed by atoms with Crippen LogP contribution in [-0.4, -0.2) is 30.6 Å². The molecule has 2 amide bonds. The van der Waals surface area contributed by atoms with Gasteiger partial charge in [0.1, 0.15) is 11.9 Å². The summed E-state index contributed by atoms with van der Waals surface area (Å²) in [6.45, 7) is 1.82. The van der Waals surface area contributed by atoms with Crippen molar-refractivity contribution in [2.75, 3.05) is 4.90 Å². The van der Waals surface area contributed by atoms with Crippen LogP contribution < -0.4 is 4.90 Å². The zero-order chi connectivity index (χ0) is 22.2. The van der Waals surface area contributed by atoms with E-state index in [0.717, 1.165) is 43.9 Å². The molecular weight excluding hydrogens is 439 g/mol. The summed E-state index contributed by atoms with van der Waals surface area (Å²) in [5.74, 6) is -1.64. The first-order valence-electron chi connectivity index (χ1n) is 9.50. The molecular formula is C22H19FN2O4S2. The molecule has 3 aromatic rings. The first-order valence-corrected chi connectivity index (χ1v) is 11.8. The van der Waals surface area contributed by atoms with Crippen molar-refractivity contribution in [3.8, 4) is 0 Å². The minimum Gasteiger partial charge on any atom is -0.274 e. The Morgan fingerprint density at radius 1 is 1.06 bits per heavy atom. The molecule has 0 aliphatic carbocycles. The summed E-state index contributed by atoms with van der Waals surface area (Å²) in [6.07, 6.45) is -0.265. The van der Waals surface area contributed by atoms with Crippen LogP contribution in [0.1, 0.15) is 16.9 Å². The topological polar surface area (TPSA) is 74.8 Å². The SMILES string of the molecule is Cc1ccc(N2C(=O)CC(N(Cc3cccs3)S(=O)(=O)c3ccc(F)cc3)C2=O)cc1. The fourth-order valence-corrected chi connectivity index (χ4v) is 5.81. The number of carbonyl (C=O) groups is 2. The van der Waals surface area contributed by atoms with Gasteiger partial charge >= 0.3 is 0 Å². The maximum absolute atomic E-state index is 13.4. The first kappa shape index (κ1) is 21.4. The van der Waals surface area contributed by atoms with E-state index < -0.39 is 33.7 Å². The highest BCUT2D eigenvalue weighted by Gasteiger charge is 2.47. The van der Waals surface area contributed by atoms with Crippen molar-refractivity contribution < 1.29 is 22.4 Å². The number of halogens is 1. The van der Waals surface area contributed by atoms with Gasteiger partial charge in [0.05, 0.1) is 17.0 Å². The predicted molar refractivity (Wildman–Crippen MR) is 116 cm³/mol. The van der Waals surface area contributed by atoms with E-state index in [1.54, 1.807) is 41.8 Å². The van der Waals surface area contributed by atoms with Crippen LogP contribution in [-0.2, 0) is 26.2 Å². The van der Waals surface area contributed by atoms with Gasteiger partial charge in [0, 0.05) is 11.4 Å². The van der Waals surface area contributed by atoms with Crippen molar-refractivity contribution in [1.82, 2.24) is 4.31 Å². The normalized spacial score (nSPS) is 17.0. The second kappa shape index (κ2) is 8.33. The molecule has 1 atom stereocenters. The maximum atomic E-state index is 13.4. The molecule has 0 radical (unpaired) electrons. The maximum Gasteiger partial charge on any atom is 0.252 e. The molecule has 6 nitrogen and oxygen atoms in total. The molecule has 1 unspecified atom stereocenters. The van der Waals surface area contributed by atoms with Crippen LogP contribution in [0.2, 0.25) is 0 Å². The molecule has 4 rings (SSSR count). The van der Waals surface area contributed by atoms with Crippen molar-refractivity contribution in [1.29, 1.82) is 0 Å². The summed E-state index contributed by atoms with van der Waals surface area (Å²) in [5, 5.41) is 1.80. The van der Waals surface area contributed by atoms with Crippen LogP contribution in [0, 0.1) is 12.7 Å².